The lowest BCUT2D eigenvalue weighted by Gasteiger charge is -2.35. The van der Waals surface area contributed by atoms with Gasteiger partial charge in [0.15, 0.2) is 0 Å². The summed E-state index contributed by atoms with van der Waals surface area (Å²) < 4.78 is 32.2. The van der Waals surface area contributed by atoms with Gasteiger partial charge in [0.1, 0.15) is 0 Å². The molecule has 0 spiro atoms. The van der Waals surface area contributed by atoms with Crippen molar-refractivity contribution < 1.29 is 18.3 Å². The standard InChI is InChI=1S/C14H21NO4S/c1-2-19-14-7-13(8-14)15-20(17,18)10-12-5-3-4-11(6-12)9-16/h3-6,13-16H,2,7-10H2,1H3. The molecule has 1 saturated carbocycles. The minimum atomic E-state index is -3.35. The average Bonchev–Trinajstić information content (AvgIpc) is 2.36. The molecule has 1 aromatic carbocycles. The Morgan fingerprint density at radius 1 is 1.35 bits per heavy atom. The molecule has 0 radical (unpaired) electrons. The van der Waals surface area contributed by atoms with E-state index < -0.39 is 10.0 Å². The highest BCUT2D eigenvalue weighted by Gasteiger charge is 2.32. The van der Waals surface area contributed by atoms with Crippen LogP contribution in [0.4, 0.5) is 0 Å². The summed E-state index contributed by atoms with van der Waals surface area (Å²) in [5.41, 5.74) is 1.41. The fourth-order valence-electron chi connectivity index (χ4n) is 2.37. The van der Waals surface area contributed by atoms with E-state index in [0.29, 0.717) is 12.2 Å². The number of aliphatic hydroxyl groups is 1. The number of nitrogens with one attached hydrogen (secondary N) is 1. The molecule has 2 rings (SSSR count). The van der Waals surface area contributed by atoms with Gasteiger partial charge in [-0.1, -0.05) is 24.3 Å². The van der Waals surface area contributed by atoms with E-state index in [1.807, 2.05) is 6.92 Å². The van der Waals surface area contributed by atoms with Gasteiger partial charge < -0.3 is 9.84 Å². The zero-order valence-corrected chi connectivity index (χ0v) is 12.4. The first-order chi connectivity index (χ1) is 9.52. The Kier molecular flexibility index (Phi) is 5.15. The molecule has 0 heterocycles. The molecule has 20 heavy (non-hydrogen) atoms. The van der Waals surface area contributed by atoms with Crippen LogP contribution in [0, 0.1) is 0 Å². The van der Waals surface area contributed by atoms with Gasteiger partial charge in [0.2, 0.25) is 10.0 Å². The molecule has 1 fully saturated rings. The first-order valence-electron chi connectivity index (χ1n) is 6.82. The third-order valence-electron chi connectivity index (χ3n) is 3.37. The monoisotopic (exact) mass is 299 g/mol. The Morgan fingerprint density at radius 3 is 2.70 bits per heavy atom. The fourth-order valence-corrected chi connectivity index (χ4v) is 3.77. The minimum absolute atomic E-state index is 0.0161. The van der Waals surface area contributed by atoms with Gasteiger partial charge in [-0.2, -0.15) is 0 Å². The summed E-state index contributed by atoms with van der Waals surface area (Å²) >= 11 is 0. The summed E-state index contributed by atoms with van der Waals surface area (Å²) in [5, 5.41) is 9.05. The summed E-state index contributed by atoms with van der Waals surface area (Å²) in [6, 6.07) is 6.97. The van der Waals surface area contributed by atoms with Crippen LogP contribution in [0.25, 0.3) is 0 Å². The molecule has 0 bridgehead atoms. The van der Waals surface area contributed by atoms with Crippen molar-refractivity contribution in [2.75, 3.05) is 6.61 Å². The molecule has 1 aliphatic carbocycles. The quantitative estimate of drug-likeness (QED) is 0.792. The van der Waals surface area contributed by atoms with E-state index in [-0.39, 0.29) is 24.5 Å². The lowest BCUT2D eigenvalue weighted by atomic mass is 9.90. The second-order valence-electron chi connectivity index (χ2n) is 5.10. The lowest BCUT2D eigenvalue weighted by Crippen LogP contribution is -2.48. The van der Waals surface area contributed by atoms with Crippen LogP contribution in [-0.2, 0) is 27.1 Å². The highest BCUT2D eigenvalue weighted by molar-refractivity contribution is 7.88. The molecule has 112 valence electrons. The second kappa shape index (κ2) is 6.67. The van der Waals surface area contributed by atoms with Crippen molar-refractivity contribution in [3.05, 3.63) is 35.4 Å². The summed E-state index contributed by atoms with van der Waals surface area (Å²) in [7, 11) is -3.35. The molecule has 0 aromatic heterocycles. The number of benzene rings is 1. The van der Waals surface area contributed by atoms with E-state index in [0.717, 1.165) is 18.4 Å². The van der Waals surface area contributed by atoms with Crippen LogP contribution in [0.5, 0.6) is 0 Å². The van der Waals surface area contributed by atoms with Crippen LogP contribution in [0.15, 0.2) is 24.3 Å². The van der Waals surface area contributed by atoms with Crippen molar-refractivity contribution in [2.24, 2.45) is 0 Å². The fraction of sp³-hybridized carbons (Fsp3) is 0.571. The number of ether oxygens (including phenoxy) is 1. The largest absolute Gasteiger partial charge is 0.392 e. The molecule has 2 N–H and O–H groups in total. The summed E-state index contributed by atoms with van der Waals surface area (Å²) in [6.07, 6.45) is 1.67. The maximum atomic E-state index is 12.1. The predicted molar refractivity (Wildman–Crippen MR) is 76.6 cm³/mol. The number of aliphatic hydroxyl groups excluding tert-OH is 1. The van der Waals surface area contributed by atoms with Crippen LogP contribution in [0.3, 0.4) is 0 Å². The van der Waals surface area contributed by atoms with Crippen molar-refractivity contribution in [3.63, 3.8) is 0 Å². The van der Waals surface area contributed by atoms with Gasteiger partial charge >= 0.3 is 0 Å². The van der Waals surface area contributed by atoms with Crippen molar-refractivity contribution in [1.82, 2.24) is 4.72 Å². The van der Waals surface area contributed by atoms with E-state index in [1.54, 1.807) is 24.3 Å². The van der Waals surface area contributed by atoms with Crippen LogP contribution in [0.1, 0.15) is 30.9 Å². The minimum Gasteiger partial charge on any atom is -0.392 e. The lowest BCUT2D eigenvalue weighted by molar-refractivity contribution is -0.00476. The van der Waals surface area contributed by atoms with E-state index >= 15 is 0 Å². The molecule has 1 aromatic rings. The average molecular weight is 299 g/mol. The van der Waals surface area contributed by atoms with Crippen molar-refractivity contribution in [2.45, 2.75) is 44.3 Å². The Morgan fingerprint density at radius 2 is 2.05 bits per heavy atom. The van der Waals surface area contributed by atoms with E-state index in [2.05, 4.69) is 4.72 Å². The number of rotatable bonds is 7. The molecule has 1 aliphatic rings. The maximum absolute atomic E-state index is 12.1. The van der Waals surface area contributed by atoms with E-state index in [4.69, 9.17) is 9.84 Å². The normalized spacial score (nSPS) is 22.5. The Balaban J connectivity index is 1.88. The smallest absolute Gasteiger partial charge is 0.216 e. The molecule has 0 unspecified atom stereocenters. The van der Waals surface area contributed by atoms with Crippen molar-refractivity contribution in [3.8, 4) is 0 Å². The molecule has 5 nitrogen and oxygen atoms in total. The number of hydrogen-bond donors (Lipinski definition) is 2. The van der Waals surface area contributed by atoms with Gasteiger partial charge in [-0.15, -0.1) is 0 Å². The summed E-state index contributed by atoms with van der Waals surface area (Å²) in [4.78, 5) is 0. The van der Waals surface area contributed by atoms with Gasteiger partial charge in [0.25, 0.3) is 0 Å². The summed E-state index contributed by atoms with van der Waals surface area (Å²) in [5.74, 6) is -0.0589. The molecule has 0 amide bonds. The van der Waals surface area contributed by atoms with Crippen LogP contribution in [-0.4, -0.2) is 32.3 Å². The molecular formula is C14H21NO4S. The van der Waals surface area contributed by atoms with Gasteiger partial charge in [0.05, 0.1) is 18.5 Å². The van der Waals surface area contributed by atoms with Crippen LogP contribution >= 0.6 is 0 Å². The second-order valence-corrected chi connectivity index (χ2v) is 6.85. The van der Waals surface area contributed by atoms with Crippen LogP contribution < -0.4 is 4.72 Å². The van der Waals surface area contributed by atoms with E-state index in [9.17, 15) is 8.42 Å². The SMILES string of the molecule is CCOC1CC(NS(=O)(=O)Cc2cccc(CO)c2)C1. The molecule has 0 saturated heterocycles. The third-order valence-corrected chi connectivity index (χ3v) is 4.78. The van der Waals surface area contributed by atoms with E-state index in [1.165, 1.54) is 0 Å². The van der Waals surface area contributed by atoms with Crippen molar-refractivity contribution >= 4 is 10.0 Å². The van der Waals surface area contributed by atoms with Crippen molar-refractivity contribution in [1.29, 1.82) is 0 Å². The Hall–Kier alpha value is -0.950. The predicted octanol–water partition coefficient (Wildman–Crippen LogP) is 1.17. The van der Waals surface area contributed by atoms with Gasteiger partial charge in [-0.05, 0) is 30.9 Å². The third kappa shape index (κ3) is 4.28. The first kappa shape index (κ1) is 15.4. The topological polar surface area (TPSA) is 75.6 Å². The zero-order chi connectivity index (χ0) is 14.6. The van der Waals surface area contributed by atoms with Gasteiger partial charge in [-0.3, -0.25) is 0 Å². The Labute approximate surface area is 120 Å². The molecule has 0 atom stereocenters. The van der Waals surface area contributed by atoms with Gasteiger partial charge in [0, 0.05) is 12.6 Å². The molecule has 0 aliphatic heterocycles. The highest BCUT2D eigenvalue weighted by Crippen LogP contribution is 2.24. The zero-order valence-electron chi connectivity index (χ0n) is 11.6. The maximum Gasteiger partial charge on any atom is 0.216 e. The molecular weight excluding hydrogens is 278 g/mol. The first-order valence-corrected chi connectivity index (χ1v) is 8.48. The number of sulfonamides is 1. The van der Waals surface area contributed by atoms with Gasteiger partial charge in [-0.25, -0.2) is 13.1 Å². The Bertz CT molecular complexity index is 538. The molecule has 6 heteroatoms. The highest BCUT2D eigenvalue weighted by atomic mass is 32.2. The van der Waals surface area contributed by atoms with Crippen LogP contribution in [0.2, 0.25) is 0 Å². The number of hydrogen-bond acceptors (Lipinski definition) is 4. The summed E-state index contributed by atoms with van der Waals surface area (Å²) in [6.45, 7) is 2.52.